The summed E-state index contributed by atoms with van der Waals surface area (Å²) in [6, 6.07) is 21.4. The van der Waals surface area contributed by atoms with E-state index >= 15 is 0 Å². The Hall–Kier alpha value is -4.39. The van der Waals surface area contributed by atoms with Crippen molar-refractivity contribution in [2.75, 3.05) is 13.6 Å². The highest BCUT2D eigenvalue weighted by Gasteiger charge is 2.20. The molecule has 0 aliphatic carbocycles. The molecule has 0 radical (unpaired) electrons. The van der Waals surface area contributed by atoms with Gasteiger partial charge in [0.15, 0.2) is 5.88 Å². The Bertz CT molecular complexity index is 1360. The van der Waals surface area contributed by atoms with Gasteiger partial charge >= 0.3 is 0 Å². The molecule has 33 heavy (non-hydrogen) atoms. The highest BCUT2D eigenvalue weighted by atomic mass is 16.3. The Balaban J connectivity index is 1.87. The van der Waals surface area contributed by atoms with E-state index in [-0.39, 0.29) is 11.8 Å². The summed E-state index contributed by atoms with van der Waals surface area (Å²) in [7, 11) is 1.74. The number of carbonyl (C=O) groups excluding carboxylic acids is 2. The Morgan fingerprint density at radius 1 is 0.970 bits per heavy atom. The molecule has 7 heteroatoms. The smallest absolute Gasteiger partial charge is 0.253 e. The van der Waals surface area contributed by atoms with Crippen LogP contribution in [0, 0.1) is 0 Å². The van der Waals surface area contributed by atoms with Gasteiger partial charge in [0.1, 0.15) is 0 Å². The zero-order valence-corrected chi connectivity index (χ0v) is 18.4. The summed E-state index contributed by atoms with van der Waals surface area (Å²) in [4.78, 5) is 33.4. The number of hydrogen-bond acceptors (Lipinski definition) is 4. The third-order valence-corrected chi connectivity index (χ3v) is 5.52. The van der Waals surface area contributed by atoms with Crippen LogP contribution in [0.5, 0.6) is 5.88 Å². The molecule has 0 unspecified atom stereocenters. The standard InChI is InChI=1S/C26H24N4O3/c1-3-30(2)26(33)18-11-14-20-21(15-18)29-25(32)22(20)23(16-7-5-4-6-8-16)28-19-12-9-17(10-13-19)24(27)31/h4-15,29,32H,3H2,1-2H3,(H2,27,31). The molecule has 0 spiro atoms. The molecule has 2 amide bonds. The normalized spacial score (nSPS) is 11.5. The van der Waals surface area contributed by atoms with Gasteiger partial charge in [-0.2, -0.15) is 0 Å². The van der Waals surface area contributed by atoms with E-state index in [0.717, 1.165) is 10.9 Å². The van der Waals surface area contributed by atoms with Gasteiger partial charge in [0.2, 0.25) is 5.91 Å². The number of aromatic hydroxyl groups is 1. The summed E-state index contributed by atoms with van der Waals surface area (Å²) in [6.45, 7) is 2.50. The monoisotopic (exact) mass is 440 g/mol. The van der Waals surface area contributed by atoms with Gasteiger partial charge < -0.3 is 20.7 Å². The first kappa shape index (κ1) is 21.8. The lowest BCUT2D eigenvalue weighted by molar-refractivity contribution is 0.0802. The number of nitrogens with one attached hydrogen (secondary N) is 1. The number of rotatable bonds is 6. The number of aliphatic imine (C=N–C) groups is 1. The second-order valence-corrected chi connectivity index (χ2v) is 7.67. The fourth-order valence-corrected chi connectivity index (χ4v) is 3.61. The Labute approximate surface area is 191 Å². The van der Waals surface area contributed by atoms with Crippen LogP contribution in [0.3, 0.4) is 0 Å². The van der Waals surface area contributed by atoms with E-state index in [0.29, 0.717) is 40.2 Å². The molecule has 166 valence electrons. The van der Waals surface area contributed by atoms with Gasteiger partial charge in [-0.05, 0) is 43.3 Å². The number of benzene rings is 3. The molecule has 1 aromatic heterocycles. The van der Waals surface area contributed by atoms with Crippen molar-refractivity contribution in [3.63, 3.8) is 0 Å². The summed E-state index contributed by atoms with van der Waals surface area (Å²) in [5, 5.41) is 11.6. The third-order valence-electron chi connectivity index (χ3n) is 5.52. The summed E-state index contributed by atoms with van der Waals surface area (Å²) >= 11 is 0. The molecule has 0 aliphatic rings. The molecular formula is C26H24N4O3. The summed E-state index contributed by atoms with van der Waals surface area (Å²) in [5.74, 6) is -0.654. The zero-order chi connectivity index (χ0) is 23.5. The second kappa shape index (κ2) is 9.00. The minimum absolute atomic E-state index is 0.0465. The molecule has 7 nitrogen and oxygen atoms in total. The molecule has 1 heterocycles. The Kier molecular flexibility index (Phi) is 5.95. The zero-order valence-electron chi connectivity index (χ0n) is 18.4. The summed E-state index contributed by atoms with van der Waals surface area (Å²) in [6.07, 6.45) is 0. The molecule has 0 saturated heterocycles. The molecule has 4 aromatic rings. The minimum atomic E-state index is -0.512. The van der Waals surface area contributed by atoms with E-state index in [1.54, 1.807) is 48.3 Å². The third kappa shape index (κ3) is 4.34. The average molecular weight is 441 g/mol. The predicted molar refractivity (Wildman–Crippen MR) is 129 cm³/mol. The van der Waals surface area contributed by atoms with Crippen molar-refractivity contribution in [3.8, 4) is 5.88 Å². The largest absolute Gasteiger partial charge is 0.494 e. The van der Waals surface area contributed by atoms with E-state index in [9.17, 15) is 14.7 Å². The molecule has 4 rings (SSSR count). The van der Waals surface area contributed by atoms with Crippen LogP contribution >= 0.6 is 0 Å². The van der Waals surface area contributed by atoms with E-state index in [2.05, 4.69) is 4.98 Å². The van der Waals surface area contributed by atoms with Crippen LogP contribution in [-0.2, 0) is 0 Å². The number of nitrogens with zero attached hydrogens (tertiary/aromatic N) is 2. The van der Waals surface area contributed by atoms with Crippen molar-refractivity contribution in [2.24, 2.45) is 10.7 Å². The number of aromatic nitrogens is 1. The topological polar surface area (TPSA) is 112 Å². The van der Waals surface area contributed by atoms with Crippen LogP contribution in [-0.4, -0.2) is 46.1 Å². The van der Waals surface area contributed by atoms with Gasteiger partial charge in [-0.1, -0.05) is 36.4 Å². The van der Waals surface area contributed by atoms with Crippen molar-refractivity contribution in [2.45, 2.75) is 6.92 Å². The highest BCUT2D eigenvalue weighted by molar-refractivity contribution is 6.22. The fourth-order valence-electron chi connectivity index (χ4n) is 3.61. The number of hydrogen-bond donors (Lipinski definition) is 3. The molecule has 0 aliphatic heterocycles. The van der Waals surface area contributed by atoms with Crippen LogP contribution in [0.1, 0.15) is 38.8 Å². The number of carbonyl (C=O) groups is 2. The molecule has 0 bridgehead atoms. The van der Waals surface area contributed by atoms with Gasteiger partial charge in [-0.25, -0.2) is 4.99 Å². The van der Waals surface area contributed by atoms with Crippen molar-refractivity contribution in [1.29, 1.82) is 0 Å². The number of H-pyrrole nitrogens is 1. The highest BCUT2D eigenvalue weighted by Crippen LogP contribution is 2.32. The van der Waals surface area contributed by atoms with Crippen LogP contribution in [0.15, 0.2) is 77.8 Å². The fraction of sp³-hybridized carbons (Fsp3) is 0.115. The van der Waals surface area contributed by atoms with Gasteiger partial charge in [0.25, 0.3) is 5.91 Å². The van der Waals surface area contributed by atoms with Crippen LogP contribution < -0.4 is 5.73 Å². The first-order valence-electron chi connectivity index (χ1n) is 10.5. The quantitative estimate of drug-likeness (QED) is 0.390. The van der Waals surface area contributed by atoms with Crippen molar-refractivity contribution < 1.29 is 14.7 Å². The molecule has 3 aromatic carbocycles. The first-order valence-corrected chi connectivity index (χ1v) is 10.5. The van der Waals surface area contributed by atoms with Crippen LogP contribution in [0.4, 0.5) is 5.69 Å². The van der Waals surface area contributed by atoms with Crippen molar-refractivity contribution >= 4 is 34.1 Å². The summed E-state index contributed by atoms with van der Waals surface area (Å²) in [5.41, 5.74) is 9.37. The lowest BCUT2D eigenvalue weighted by Crippen LogP contribution is -2.26. The Morgan fingerprint density at radius 3 is 2.27 bits per heavy atom. The van der Waals surface area contributed by atoms with Crippen molar-refractivity contribution in [1.82, 2.24) is 9.88 Å². The first-order chi connectivity index (χ1) is 15.9. The molecule has 0 saturated carbocycles. The number of nitrogens with two attached hydrogens (primary N) is 1. The summed E-state index contributed by atoms with van der Waals surface area (Å²) < 4.78 is 0. The maximum atomic E-state index is 12.6. The predicted octanol–water partition coefficient (Wildman–Crippen LogP) is 4.23. The maximum Gasteiger partial charge on any atom is 0.253 e. The number of aromatic amines is 1. The maximum absolute atomic E-state index is 12.6. The lowest BCUT2D eigenvalue weighted by atomic mass is 10.00. The average Bonchev–Trinajstić information content (AvgIpc) is 3.17. The Morgan fingerprint density at radius 2 is 1.64 bits per heavy atom. The molecule has 0 fully saturated rings. The van der Waals surface area contributed by atoms with E-state index in [4.69, 9.17) is 10.7 Å². The number of fused-ring (bicyclic) bond motifs is 1. The number of amides is 2. The molecule has 0 atom stereocenters. The van der Waals surface area contributed by atoms with Gasteiger partial charge in [0, 0.05) is 41.2 Å². The lowest BCUT2D eigenvalue weighted by Gasteiger charge is -2.14. The van der Waals surface area contributed by atoms with Crippen molar-refractivity contribution in [3.05, 3.63) is 95.1 Å². The van der Waals surface area contributed by atoms with E-state index < -0.39 is 5.91 Å². The molecular weight excluding hydrogens is 416 g/mol. The molecule has 4 N–H and O–H groups in total. The van der Waals surface area contributed by atoms with Gasteiger partial charge in [-0.15, -0.1) is 0 Å². The second-order valence-electron chi connectivity index (χ2n) is 7.67. The van der Waals surface area contributed by atoms with Crippen LogP contribution in [0.25, 0.3) is 10.9 Å². The SMILES string of the molecule is CCN(C)C(=O)c1ccc2c(C(=Nc3ccc(C(N)=O)cc3)c3ccccc3)c(O)[nH]c2c1. The minimum Gasteiger partial charge on any atom is -0.494 e. The van der Waals surface area contributed by atoms with Crippen LogP contribution in [0.2, 0.25) is 0 Å². The van der Waals surface area contributed by atoms with E-state index in [1.807, 2.05) is 43.3 Å². The van der Waals surface area contributed by atoms with E-state index in [1.165, 1.54) is 0 Å². The number of primary amides is 1. The van der Waals surface area contributed by atoms with Gasteiger partial charge in [-0.3, -0.25) is 9.59 Å². The van der Waals surface area contributed by atoms with Gasteiger partial charge in [0.05, 0.1) is 17.0 Å².